The molecule has 0 amide bonds. The normalized spacial score (nSPS) is 20.6. The van der Waals surface area contributed by atoms with Crippen LogP contribution in [0.25, 0.3) is 0 Å². The lowest BCUT2D eigenvalue weighted by Gasteiger charge is -2.41. The first-order chi connectivity index (χ1) is 30.6. The van der Waals surface area contributed by atoms with Crippen molar-refractivity contribution in [3.05, 3.63) is 85.1 Å². The molecule has 1 aliphatic heterocycles. The van der Waals surface area contributed by atoms with Crippen molar-refractivity contribution in [2.75, 3.05) is 26.4 Å². The minimum absolute atomic E-state index is 0.00780. The number of aliphatic hydroxyl groups excluding tert-OH is 3. The molecule has 6 unspecified atom stereocenters. The Kier molecular flexibility index (Phi) is 37.7. The molecule has 6 atom stereocenters. The van der Waals surface area contributed by atoms with Gasteiger partial charge in [0.15, 0.2) is 6.29 Å². The quantitative estimate of drug-likeness (QED) is 0.0198. The molecule has 13 heteroatoms. The van der Waals surface area contributed by atoms with Crippen molar-refractivity contribution in [1.29, 1.82) is 0 Å². The van der Waals surface area contributed by atoms with E-state index in [4.69, 9.17) is 18.9 Å². The minimum Gasteiger partial charge on any atom is -0.457 e. The summed E-state index contributed by atoms with van der Waals surface area (Å²) >= 11 is 0. The number of ether oxygens (including phenoxy) is 4. The second kappa shape index (κ2) is 40.8. The van der Waals surface area contributed by atoms with E-state index in [-0.39, 0.29) is 19.6 Å². The third-order valence-electron chi connectivity index (χ3n) is 10.3. The second-order valence-electron chi connectivity index (χ2n) is 16.0. The average Bonchev–Trinajstić information content (AvgIpc) is 3.26. The Hall–Kier alpha value is -2.72. The summed E-state index contributed by atoms with van der Waals surface area (Å²) in [5, 5.41) is 30.7. The topological polar surface area (TPSA) is 178 Å². The van der Waals surface area contributed by atoms with Gasteiger partial charge in [-0.1, -0.05) is 150 Å². The highest BCUT2D eigenvalue weighted by atomic mass is 32.3. The number of carbonyl (C=O) groups excluding carboxylic acids is 1. The van der Waals surface area contributed by atoms with Gasteiger partial charge in [0.25, 0.3) is 0 Å². The Morgan fingerprint density at radius 1 is 0.619 bits per heavy atom. The van der Waals surface area contributed by atoms with Gasteiger partial charge in [-0.2, -0.15) is 8.42 Å². The highest BCUT2D eigenvalue weighted by molar-refractivity contribution is 7.80. The van der Waals surface area contributed by atoms with Crippen LogP contribution in [0.1, 0.15) is 162 Å². The molecule has 0 aromatic heterocycles. The van der Waals surface area contributed by atoms with Crippen LogP contribution in [0.2, 0.25) is 0 Å². The highest BCUT2D eigenvalue weighted by Crippen LogP contribution is 2.26. The molecule has 0 radical (unpaired) electrons. The molecule has 4 N–H and O–H groups in total. The van der Waals surface area contributed by atoms with Gasteiger partial charge in [-0.25, -0.2) is 4.18 Å². The molecule has 0 bridgehead atoms. The Morgan fingerprint density at radius 3 is 1.60 bits per heavy atom. The van der Waals surface area contributed by atoms with E-state index in [1.807, 2.05) is 0 Å². The van der Waals surface area contributed by atoms with Crippen molar-refractivity contribution in [2.24, 2.45) is 0 Å². The van der Waals surface area contributed by atoms with Gasteiger partial charge in [0.05, 0.1) is 19.8 Å². The summed E-state index contributed by atoms with van der Waals surface area (Å²) in [6.45, 7) is 3.76. The maximum atomic E-state index is 12.9. The summed E-state index contributed by atoms with van der Waals surface area (Å²) in [7, 11) is -5.07. The molecule has 1 aliphatic rings. The van der Waals surface area contributed by atoms with Gasteiger partial charge in [-0.15, -0.1) is 0 Å². The van der Waals surface area contributed by atoms with Gasteiger partial charge in [0, 0.05) is 13.0 Å². The van der Waals surface area contributed by atoms with E-state index in [9.17, 15) is 33.1 Å². The van der Waals surface area contributed by atoms with Crippen LogP contribution in [-0.2, 0) is 38.3 Å². The summed E-state index contributed by atoms with van der Waals surface area (Å²) in [6.07, 6.45) is 44.7. The smallest absolute Gasteiger partial charge is 0.397 e. The Labute approximate surface area is 381 Å². The zero-order valence-electron chi connectivity index (χ0n) is 38.6. The van der Waals surface area contributed by atoms with Crippen molar-refractivity contribution < 1.29 is 56.2 Å². The molecule has 0 aliphatic carbocycles. The molecule has 0 aromatic carbocycles. The molecule has 1 saturated heterocycles. The molecule has 0 spiro atoms. The van der Waals surface area contributed by atoms with Crippen LogP contribution in [0.3, 0.4) is 0 Å². The first-order valence-corrected chi connectivity index (χ1v) is 25.2. The molecule has 63 heavy (non-hydrogen) atoms. The fourth-order valence-corrected chi connectivity index (χ4v) is 7.18. The first kappa shape index (κ1) is 58.3. The summed E-state index contributed by atoms with van der Waals surface area (Å²) in [6, 6.07) is 0. The lowest BCUT2D eigenvalue weighted by molar-refractivity contribution is -0.301. The fourth-order valence-electron chi connectivity index (χ4n) is 6.67. The van der Waals surface area contributed by atoms with Crippen molar-refractivity contribution in [3.8, 4) is 0 Å². The van der Waals surface area contributed by atoms with Crippen molar-refractivity contribution in [2.45, 2.75) is 198 Å². The molecule has 1 rings (SSSR count). The average molecular weight is 909 g/mol. The number of unbranched alkanes of at least 4 members (excludes halogenated alkanes) is 13. The van der Waals surface area contributed by atoms with Gasteiger partial charge in [0.1, 0.15) is 30.5 Å². The fraction of sp³-hybridized carbons (Fsp3) is 0.700. The lowest BCUT2D eigenvalue weighted by atomic mass is 9.99. The molecular weight excluding hydrogens is 825 g/mol. The number of hydrogen-bond donors (Lipinski definition) is 4. The SMILES string of the molecule is CC/C=C\C/C=C\C/C=C\C/C=C\C/C=C\CCCCCCOCC(COC1OC(CO)C(O)C(OS(=O)(=O)O)C1O)OC(=O)CCCCCCC/C=C\C/C=C\CCCCCC. The Morgan fingerprint density at radius 2 is 1.10 bits per heavy atom. The standard InChI is InChI=1S/C50H84O12S/c1-3-5-7-9-11-13-15-17-19-21-22-23-24-26-28-30-32-34-36-38-40-58-42-44(43-59-50-48(54)49(62-63(55,56)57)47(53)45(41-51)61-50)60-46(52)39-37-35-33-31-29-27-25-20-18-16-14-12-10-8-6-4-2/h5,7,11,13-14,16-17,19-20,22-23,25-26,28,44-45,47-51,53-54H,3-4,6,8-10,12,15,18,21,24,27,29-43H2,1-2H3,(H,55,56,57)/b7-5-,13-11-,16-14-,19-17-,23-22-,25-20-,28-26-. The number of carbonyl (C=O) groups is 1. The van der Waals surface area contributed by atoms with Gasteiger partial charge in [0.2, 0.25) is 0 Å². The number of esters is 1. The van der Waals surface area contributed by atoms with Gasteiger partial charge >= 0.3 is 16.4 Å². The molecule has 0 saturated carbocycles. The van der Waals surface area contributed by atoms with E-state index < -0.39 is 59.8 Å². The summed E-state index contributed by atoms with van der Waals surface area (Å²) in [5.41, 5.74) is 0. The van der Waals surface area contributed by atoms with Crippen LogP contribution in [0, 0.1) is 0 Å². The molecule has 362 valence electrons. The zero-order valence-corrected chi connectivity index (χ0v) is 39.4. The first-order valence-electron chi connectivity index (χ1n) is 23.8. The van der Waals surface area contributed by atoms with Crippen LogP contribution < -0.4 is 0 Å². The third kappa shape index (κ3) is 34.3. The zero-order chi connectivity index (χ0) is 46.1. The number of aliphatic hydroxyl groups is 3. The van der Waals surface area contributed by atoms with Crippen LogP contribution in [0.5, 0.6) is 0 Å². The van der Waals surface area contributed by atoms with E-state index in [2.05, 4.69) is 103 Å². The van der Waals surface area contributed by atoms with Gasteiger partial charge in [-0.3, -0.25) is 9.35 Å². The summed E-state index contributed by atoms with van der Waals surface area (Å²) in [4.78, 5) is 12.9. The highest BCUT2D eigenvalue weighted by Gasteiger charge is 2.48. The Bertz CT molecular complexity index is 1420. The predicted molar refractivity (Wildman–Crippen MR) is 252 cm³/mol. The molecular formula is C50H84O12S. The van der Waals surface area contributed by atoms with Crippen LogP contribution in [0.15, 0.2) is 85.1 Å². The van der Waals surface area contributed by atoms with Gasteiger partial charge < -0.3 is 34.3 Å². The second-order valence-corrected chi connectivity index (χ2v) is 17.0. The van der Waals surface area contributed by atoms with Gasteiger partial charge in [-0.05, 0) is 89.9 Å². The number of allylic oxidation sites excluding steroid dienone is 14. The van der Waals surface area contributed by atoms with E-state index in [1.54, 1.807) is 0 Å². The third-order valence-corrected chi connectivity index (χ3v) is 10.7. The summed E-state index contributed by atoms with van der Waals surface area (Å²) in [5.74, 6) is -0.426. The van der Waals surface area contributed by atoms with Crippen molar-refractivity contribution in [3.63, 3.8) is 0 Å². The van der Waals surface area contributed by atoms with E-state index >= 15 is 0 Å². The lowest BCUT2D eigenvalue weighted by Crippen LogP contribution is -2.60. The number of hydrogen-bond acceptors (Lipinski definition) is 11. The maximum Gasteiger partial charge on any atom is 0.397 e. The minimum atomic E-state index is -5.07. The molecule has 12 nitrogen and oxygen atoms in total. The maximum absolute atomic E-state index is 12.9. The largest absolute Gasteiger partial charge is 0.457 e. The van der Waals surface area contributed by atoms with Crippen LogP contribution in [0.4, 0.5) is 0 Å². The summed E-state index contributed by atoms with van der Waals surface area (Å²) < 4.78 is 59.1. The predicted octanol–water partition coefficient (Wildman–Crippen LogP) is 10.5. The molecule has 0 aromatic rings. The van der Waals surface area contributed by atoms with E-state index in [0.717, 1.165) is 109 Å². The van der Waals surface area contributed by atoms with Crippen LogP contribution >= 0.6 is 0 Å². The van der Waals surface area contributed by atoms with E-state index in [1.165, 1.54) is 25.7 Å². The molecule has 1 fully saturated rings. The molecule has 1 heterocycles. The van der Waals surface area contributed by atoms with E-state index in [0.29, 0.717) is 13.0 Å². The van der Waals surface area contributed by atoms with Crippen molar-refractivity contribution in [1.82, 2.24) is 0 Å². The Balaban J connectivity index is 2.45. The van der Waals surface area contributed by atoms with Crippen molar-refractivity contribution >= 4 is 16.4 Å². The van der Waals surface area contributed by atoms with Crippen LogP contribution in [-0.4, -0.2) is 97.5 Å². The number of rotatable bonds is 40. The monoisotopic (exact) mass is 909 g/mol.